The van der Waals surface area contributed by atoms with Crippen LogP contribution < -0.4 is 0 Å². The monoisotopic (exact) mass is 425 g/mol. The van der Waals surface area contributed by atoms with Gasteiger partial charge < -0.3 is 4.57 Å². The Balaban J connectivity index is 1.64. The second-order valence-corrected chi connectivity index (χ2v) is 9.02. The molecule has 4 aromatic carbocycles. The summed E-state index contributed by atoms with van der Waals surface area (Å²) in [7, 11) is 0. The van der Waals surface area contributed by atoms with E-state index < -0.39 is 0 Å². The summed E-state index contributed by atoms with van der Waals surface area (Å²) in [6.07, 6.45) is 6.81. The summed E-state index contributed by atoms with van der Waals surface area (Å²) >= 11 is 0. The van der Waals surface area contributed by atoms with Gasteiger partial charge in [-0.1, -0.05) is 78.9 Å². The molecule has 0 radical (unpaired) electrons. The molecule has 1 heteroatoms. The third kappa shape index (κ3) is 3.24. The summed E-state index contributed by atoms with van der Waals surface area (Å²) in [6.45, 7) is 4.43. The zero-order valence-corrected chi connectivity index (χ0v) is 19.2. The van der Waals surface area contributed by atoms with Gasteiger partial charge in [0.1, 0.15) is 0 Å². The Bertz CT molecular complexity index is 1520. The minimum Gasteiger partial charge on any atom is -0.310 e. The maximum absolute atomic E-state index is 2.44. The van der Waals surface area contributed by atoms with E-state index in [9.17, 15) is 0 Å². The lowest BCUT2D eigenvalue weighted by Gasteiger charge is -2.16. The lowest BCUT2D eigenvalue weighted by Crippen LogP contribution is -2.00. The van der Waals surface area contributed by atoms with Crippen LogP contribution >= 0.6 is 0 Å². The molecule has 0 aliphatic heterocycles. The van der Waals surface area contributed by atoms with E-state index in [0.717, 1.165) is 12.8 Å². The van der Waals surface area contributed by atoms with E-state index >= 15 is 0 Å². The van der Waals surface area contributed by atoms with E-state index in [2.05, 4.69) is 122 Å². The Morgan fingerprint density at radius 3 is 2.30 bits per heavy atom. The van der Waals surface area contributed by atoms with Gasteiger partial charge in [-0.05, 0) is 89.9 Å². The molecule has 1 nitrogen and oxygen atoms in total. The maximum atomic E-state index is 2.44. The number of para-hydroxylation sites is 1. The molecule has 6 rings (SSSR count). The van der Waals surface area contributed by atoms with Crippen LogP contribution in [0, 0.1) is 13.8 Å². The Kier molecular flexibility index (Phi) is 4.77. The average molecular weight is 426 g/mol. The van der Waals surface area contributed by atoms with E-state index in [-0.39, 0.29) is 0 Å². The Labute approximate surface area is 195 Å². The van der Waals surface area contributed by atoms with Crippen molar-refractivity contribution in [2.45, 2.75) is 26.7 Å². The van der Waals surface area contributed by atoms with E-state index in [0.29, 0.717) is 0 Å². The van der Waals surface area contributed by atoms with Gasteiger partial charge in [0.05, 0.1) is 5.52 Å². The molecule has 0 atom stereocenters. The molecule has 0 N–H and O–H groups in total. The van der Waals surface area contributed by atoms with Gasteiger partial charge in [-0.2, -0.15) is 0 Å². The highest BCUT2D eigenvalue weighted by Gasteiger charge is 2.20. The number of hydrogen-bond donors (Lipinski definition) is 0. The van der Waals surface area contributed by atoms with Crippen LogP contribution in [0.15, 0.2) is 97.1 Å². The second-order valence-electron chi connectivity index (χ2n) is 9.02. The van der Waals surface area contributed by atoms with Crippen LogP contribution in [0.4, 0.5) is 0 Å². The molecule has 0 spiro atoms. The van der Waals surface area contributed by atoms with Crippen molar-refractivity contribution in [2.75, 3.05) is 0 Å². The van der Waals surface area contributed by atoms with Crippen LogP contribution in [0.1, 0.15) is 28.8 Å². The molecule has 0 saturated heterocycles. The molecule has 1 aliphatic rings. The smallest absolute Gasteiger partial charge is 0.0543 e. The molecule has 0 bridgehead atoms. The number of fused-ring (bicyclic) bond motifs is 3. The standard InChI is InChI=1S/C32H27N/c1-22-11-6-7-15-26(22)32-23(2)12-10-17-27(32)24-19-20-29-28-16-8-9-18-30(28)33(31(29)21-24)25-13-4-3-5-14-25/h3-7,9-15,17-21H,8,16H2,1-2H3. The number of aromatic nitrogens is 1. The predicted octanol–water partition coefficient (Wildman–Crippen LogP) is 8.54. The number of nitrogens with zero attached hydrogens (tertiary/aromatic N) is 1. The summed E-state index contributed by atoms with van der Waals surface area (Å²) in [4.78, 5) is 0. The molecule has 0 amide bonds. The first-order valence-electron chi connectivity index (χ1n) is 11.8. The van der Waals surface area contributed by atoms with Gasteiger partial charge >= 0.3 is 0 Å². The van der Waals surface area contributed by atoms with Crippen molar-refractivity contribution >= 4 is 17.0 Å². The van der Waals surface area contributed by atoms with Gasteiger partial charge in [-0.3, -0.25) is 0 Å². The van der Waals surface area contributed by atoms with E-state index in [1.807, 2.05) is 0 Å². The van der Waals surface area contributed by atoms with Crippen LogP contribution in [-0.4, -0.2) is 4.57 Å². The van der Waals surface area contributed by atoms with Crippen LogP contribution in [0.2, 0.25) is 0 Å². The van der Waals surface area contributed by atoms with Crippen LogP contribution in [0.5, 0.6) is 0 Å². The van der Waals surface area contributed by atoms with Gasteiger partial charge in [0.25, 0.3) is 0 Å². The summed E-state index contributed by atoms with van der Waals surface area (Å²) in [5.74, 6) is 0. The van der Waals surface area contributed by atoms with Crippen molar-refractivity contribution in [3.63, 3.8) is 0 Å². The van der Waals surface area contributed by atoms with Crippen molar-refractivity contribution in [3.8, 4) is 27.9 Å². The first kappa shape index (κ1) is 19.8. The molecule has 5 aromatic rings. The van der Waals surface area contributed by atoms with Crippen molar-refractivity contribution in [1.82, 2.24) is 4.57 Å². The van der Waals surface area contributed by atoms with Crippen molar-refractivity contribution in [1.29, 1.82) is 0 Å². The molecule has 33 heavy (non-hydrogen) atoms. The molecule has 0 unspecified atom stereocenters. The predicted molar refractivity (Wildman–Crippen MR) is 141 cm³/mol. The normalized spacial score (nSPS) is 12.8. The van der Waals surface area contributed by atoms with E-state index in [4.69, 9.17) is 0 Å². The Morgan fingerprint density at radius 1 is 0.697 bits per heavy atom. The lowest BCUT2D eigenvalue weighted by molar-refractivity contribution is 0.967. The van der Waals surface area contributed by atoms with E-state index in [1.54, 1.807) is 0 Å². The second kappa shape index (κ2) is 7.94. The highest BCUT2D eigenvalue weighted by Crippen LogP contribution is 2.40. The minimum atomic E-state index is 1.10. The zero-order valence-electron chi connectivity index (χ0n) is 19.2. The number of allylic oxidation sites excluding steroid dienone is 1. The molecule has 160 valence electrons. The first-order valence-corrected chi connectivity index (χ1v) is 11.8. The van der Waals surface area contributed by atoms with Crippen molar-refractivity contribution in [3.05, 3.63) is 119 Å². The maximum Gasteiger partial charge on any atom is 0.0543 e. The SMILES string of the molecule is Cc1ccccc1-c1c(C)cccc1-c1ccc2c3c(n(-c4ccccc4)c2c1)C=CCC3. The van der Waals surface area contributed by atoms with Crippen molar-refractivity contribution in [2.24, 2.45) is 0 Å². The number of aryl methyl sites for hydroxylation is 3. The van der Waals surface area contributed by atoms with E-state index in [1.165, 1.54) is 61.2 Å². The number of hydrogen-bond acceptors (Lipinski definition) is 0. The third-order valence-corrected chi connectivity index (χ3v) is 6.96. The fourth-order valence-corrected chi connectivity index (χ4v) is 5.38. The van der Waals surface area contributed by atoms with Gasteiger partial charge in [0.15, 0.2) is 0 Å². The molecule has 1 aromatic heterocycles. The summed E-state index contributed by atoms with van der Waals surface area (Å²) in [5, 5.41) is 1.37. The van der Waals surface area contributed by atoms with Gasteiger partial charge in [-0.25, -0.2) is 0 Å². The van der Waals surface area contributed by atoms with Crippen molar-refractivity contribution < 1.29 is 0 Å². The van der Waals surface area contributed by atoms with Gasteiger partial charge in [0.2, 0.25) is 0 Å². The Hall–Kier alpha value is -3.84. The molecule has 0 saturated carbocycles. The van der Waals surface area contributed by atoms with Gasteiger partial charge in [-0.15, -0.1) is 0 Å². The lowest BCUT2D eigenvalue weighted by atomic mass is 9.88. The largest absolute Gasteiger partial charge is 0.310 e. The average Bonchev–Trinajstić information content (AvgIpc) is 3.19. The van der Waals surface area contributed by atoms with Crippen LogP contribution in [0.25, 0.3) is 44.9 Å². The van der Waals surface area contributed by atoms with Gasteiger partial charge in [0, 0.05) is 16.8 Å². The zero-order chi connectivity index (χ0) is 22.4. The molecule has 1 aliphatic carbocycles. The third-order valence-electron chi connectivity index (χ3n) is 6.96. The summed E-state index contributed by atoms with van der Waals surface area (Å²) < 4.78 is 2.44. The summed E-state index contributed by atoms with van der Waals surface area (Å²) in [5.41, 5.74) is 13.1. The first-order chi connectivity index (χ1) is 16.2. The quantitative estimate of drug-likeness (QED) is 0.273. The molecular formula is C32H27N. The molecular weight excluding hydrogens is 398 g/mol. The number of rotatable bonds is 3. The molecule has 1 heterocycles. The highest BCUT2D eigenvalue weighted by molar-refractivity contribution is 5.96. The van der Waals surface area contributed by atoms with Crippen LogP contribution in [0.3, 0.4) is 0 Å². The Morgan fingerprint density at radius 2 is 1.45 bits per heavy atom. The fourth-order valence-electron chi connectivity index (χ4n) is 5.38. The topological polar surface area (TPSA) is 4.93 Å². The highest BCUT2D eigenvalue weighted by atomic mass is 15.0. The fraction of sp³-hybridized carbons (Fsp3) is 0.125. The number of benzene rings is 4. The van der Waals surface area contributed by atoms with Crippen LogP contribution in [-0.2, 0) is 6.42 Å². The summed E-state index contributed by atoms with van der Waals surface area (Å²) in [6, 6.07) is 33.2. The minimum absolute atomic E-state index is 1.10. The molecule has 0 fully saturated rings.